The molecule has 0 atom stereocenters. The molecule has 4 rings (SSSR count). The van der Waals surface area contributed by atoms with Gasteiger partial charge in [-0.05, 0) is 50.3 Å². The first-order valence-corrected chi connectivity index (χ1v) is 11.5. The first-order valence-electron chi connectivity index (χ1n) is 10.7. The second-order valence-electron chi connectivity index (χ2n) is 7.82. The molecule has 30 heavy (non-hydrogen) atoms. The minimum atomic E-state index is -0.321. The number of thiophene rings is 1. The number of hydrogen-bond acceptors (Lipinski definition) is 7. The molecule has 8 heteroatoms. The number of aryl methyl sites for hydroxylation is 1. The molecule has 0 bridgehead atoms. The molecule has 2 aromatic heterocycles. The SMILES string of the molecule is CCOC(=O)c1c(NC(=O)CN2CCN(Cc3ccco3)CC2)sc2c1CCCC2. The first kappa shape index (κ1) is 21.1. The summed E-state index contributed by atoms with van der Waals surface area (Å²) in [4.78, 5) is 31.0. The highest BCUT2D eigenvalue weighted by Gasteiger charge is 2.28. The number of anilines is 1. The van der Waals surface area contributed by atoms with Gasteiger partial charge in [-0.25, -0.2) is 4.79 Å². The van der Waals surface area contributed by atoms with Crippen molar-refractivity contribution >= 4 is 28.2 Å². The second-order valence-corrected chi connectivity index (χ2v) is 8.92. The van der Waals surface area contributed by atoms with Gasteiger partial charge in [0.1, 0.15) is 10.8 Å². The van der Waals surface area contributed by atoms with E-state index in [1.807, 2.05) is 12.1 Å². The Hall–Kier alpha value is -2.16. The maximum Gasteiger partial charge on any atom is 0.341 e. The Bertz CT molecular complexity index is 869. The number of carbonyl (C=O) groups is 2. The van der Waals surface area contributed by atoms with E-state index in [2.05, 4.69) is 15.1 Å². The Morgan fingerprint density at radius 1 is 1.17 bits per heavy atom. The van der Waals surface area contributed by atoms with Crippen LogP contribution in [0.5, 0.6) is 0 Å². The van der Waals surface area contributed by atoms with Crippen LogP contribution >= 0.6 is 11.3 Å². The quantitative estimate of drug-likeness (QED) is 0.679. The zero-order valence-corrected chi connectivity index (χ0v) is 18.3. The van der Waals surface area contributed by atoms with Crippen molar-refractivity contribution in [3.05, 3.63) is 40.2 Å². The summed E-state index contributed by atoms with van der Waals surface area (Å²) in [6.07, 6.45) is 5.76. The van der Waals surface area contributed by atoms with Crippen molar-refractivity contribution in [3.8, 4) is 0 Å². The molecule has 1 amide bonds. The third kappa shape index (κ3) is 4.94. The molecule has 3 heterocycles. The van der Waals surface area contributed by atoms with Crippen molar-refractivity contribution in [2.24, 2.45) is 0 Å². The Morgan fingerprint density at radius 2 is 1.93 bits per heavy atom. The molecule has 2 aliphatic rings. The lowest BCUT2D eigenvalue weighted by molar-refractivity contribution is -0.117. The normalized spacial score (nSPS) is 17.5. The number of hydrogen-bond donors (Lipinski definition) is 1. The van der Waals surface area contributed by atoms with Crippen LogP contribution in [0.1, 0.15) is 46.3 Å². The van der Waals surface area contributed by atoms with E-state index in [0.717, 1.165) is 69.7 Å². The highest BCUT2D eigenvalue weighted by molar-refractivity contribution is 7.17. The number of carbonyl (C=O) groups excluding carboxylic acids is 2. The third-order valence-electron chi connectivity index (χ3n) is 5.70. The van der Waals surface area contributed by atoms with E-state index in [1.54, 1.807) is 13.2 Å². The highest BCUT2D eigenvalue weighted by Crippen LogP contribution is 2.38. The topological polar surface area (TPSA) is 75.0 Å². The van der Waals surface area contributed by atoms with Crippen molar-refractivity contribution in [2.45, 2.75) is 39.2 Å². The average molecular weight is 432 g/mol. The minimum Gasteiger partial charge on any atom is -0.468 e. The van der Waals surface area contributed by atoms with Crippen LogP contribution in [0.15, 0.2) is 22.8 Å². The Kier molecular flexibility index (Phi) is 6.86. The Labute approximate surface area is 181 Å². The molecule has 0 unspecified atom stereocenters. The van der Waals surface area contributed by atoms with Crippen LogP contribution in [0.3, 0.4) is 0 Å². The summed E-state index contributed by atoms with van der Waals surface area (Å²) >= 11 is 1.54. The van der Waals surface area contributed by atoms with Crippen LogP contribution in [-0.2, 0) is 28.9 Å². The summed E-state index contributed by atoms with van der Waals surface area (Å²) in [7, 11) is 0. The Balaban J connectivity index is 1.34. The fraction of sp³-hybridized carbons (Fsp3) is 0.545. The predicted octanol–water partition coefficient (Wildman–Crippen LogP) is 3.15. The van der Waals surface area contributed by atoms with E-state index in [1.165, 1.54) is 16.2 Å². The van der Waals surface area contributed by atoms with Crippen LogP contribution in [0.2, 0.25) is 0 Å². The number of piperazine rings is 1. The summed E-state index contributed by atoms with van der Waals surface area (Å²) in [6.45, 7) is 6.74. The smallest absolute Gasteiger partial charge is 0.341 e. The maximum atomic E-state index is 12.7. The van der Waals surface area contributed by atoms with Crippen molar-refractivity contribution in [2.75, 3.05) is 44.6 Å². The molecule has 0 spiro atoms. The van der Waals surface area contributed by atoms with Crippen LogP contribution in [-0.4, -0.2) is 61.0 Å². The molecule has 1 saturated heterocycles. The number of fused-ring (bicyclic) bond motifs is 1. The molecule has 1 aliphatic carbocycles. The maximum absolute atomic E-state index is 12.7. The zero-order valence-electron chi connectivity index (χ0n) is 17.4. The van der Waals surface area contributed by atoms with Crippen molar-refractivity contribution in [1.29, 1.82) is 0 Å². The fourth-order valence-corrected chi connectivity index (χ4v) is 5.46. The number of nitrogens with one attached hydrogen (secondary N) is 1. The molecular formula is C22H29N3O4S. The van der Waals surface area contributed by atoms with Gasteiger partial charge in [0, 0.05) is 31.1 Å². The number of rotatable bonds is 7. The van der Waals surface area contributed by atoms with E-state index in [-0.39, 0.29) is 11.9 Å². The largest absolute Gasteiger partial charge is 0.468 e. The lowest BCUT2D eigenvalue weighted by atomic mass is 9.95. The highest BCUT2D eigenvalue weighted by atomic mass is 32.1. The third-order valence-corrected chi connectivity index (χ3v) is 6.90. The number of furan rings is 1. The molecule has 1 N–H and O–H groups in total. The van der Waals surface area contributed by atoms with E-state index in [4.69, 9.17) is 9.15 Å². The number of amides is 1. The molecule has 7 nitrogen and oxygen atoms in total. The van der Waals surface area contributed by atoms with Gasteiger partial charge in [-0.15, -0.1) is 11.3 Å². The van der Waals surface area contributed by atoms with Gasteiger partial charge in [0.05, 0.1) is 31.5 Å². The molecule has 1 aliphatic heterocycles. The molecule has 162 valence electrons. The molecule has 0 aromatic carbocycles. The number of nitrogens with zero attached hydrogens (tertiary/aromatic N) is 2. The monoisotopic (exact) mass is 431 g/mol. The van der Waals surface area contributed by atoms with E-state index in [0.29, 0.717) is 23.7 Å². The average Bonchev–Trinajstić information content (AvgIpc) is 3.36. The molecule has 1 fully saturated rings. The van der Waals surface area contributed by atoms with Crippen molar-refractivity contribution < 1.29 is 18.7 Å². The Morgan fingerprint density at radius 3 is 2.67 bits per heavy atom. The van der Waals surface area contributed by atoms with Gasteiger partial charge in [0.15, 0.2) is 0 Å². The van der Waals surface area contributed by atoms with E-state index >= 15 is 0 Å². The predicted molar refractivity (Wildman–Crippen MR) is 116 cm³/mol. The van der Waals surface area contributed by atoms with Crippen LogP contribution in [0.25, 0.3) is 0 Å². The van der Waals surface area contributed by atoms with Gasteiger partial charge in [0.25, 0.3) is 0 Å². The van der Waals surface area contributed by atoms with Gasteiger partial charge in [0.2, 0.25) is 5.91 Å². The van der Waals surface area contributed by atoms with Gasteiger partial charge < -0.3 is 14.5 Å². The van der Waals surface area contributed by atoms with Crippen LogP contribution in [0.4, 0.5) is 5.00 Å². The standard InChI is InChI=1S/C22H29N3O4S/c1-2-28-22(27)20-17-7-3-4-8-18(17)30-21(20)23-19(26)15-25-11-9-24(10-12-25)14-16-6-5-13-29-16/h5-6,13H,2-4,7-12,14-15H2,1H3,(H,23,26). The van der Waals surface area contributed by atoms with E-state index in [9.17, 15) is 9.59 Å². The van der Waals surface area contributed by atoms with Crippen LogP contribution in [0, 0.1) is 0 Å². The van der Waals surface area contributed by atoms with Crippen molar-refractivity contribution in [1.82, 2.24) is 9.80 Å². The van der Waals surface area contributed by atoms with E-state index < -0.39 is 0 Å². The number of esters is 1. The number of ether oxygens (including phenoxy) is 1. The van der Waals surface area contributed by atoms with Crippen LogP contribution < -0.4 is 5.32 Å². The van der Waals surface area contributed by atoms with Gasteiger partial charge in [-0.2, -0.15) is 0 Å². The summed E-state index contributed by atoms with van der Waals surface area (Å²) in [5, 5.41) is 3.66. The second kappa shape index (κ2) is 9.76. The molecule has 2 aromatic rings. The fourth-order valence-electron chi connectivity index (χ4n) is 4.17. The van der Waals surface area contributed by atoms with Gasteiger partial charge in [-0.1, -0.05) is 0 Å². The molecule has 0 saturated carbocycles. The van der Waals surface area contributed by atoms with Gasteiger partial charge in [-0.3, -0.25) is 14.6 Å². The molecular weight excluding hydrogens is 402 g/mol. The molecule has 0 radical (unpaired) electrons. The first-order chi connectivity index (χ1) is 14.6. The summed E-state index contributed by atoms with van der Waals surface area (Å²) in [5.41, 5.74) is 1.65. The van der Waals surface area contributed by atoms with Gasteiger partial charge >= 0.3 is 5.97 Å². The van der Waals surface area contributed by atoms with Crippen molar-refractivity contribution in [3.63, 3.8) is 0 Å². The summed E-state index contributed by atoms with van der Waals surface area (Å²) in [5.74, 6) is 0.576. The lowest BCUT2D eigenvalue weighted by Crippen LogP contribution is -2.48. The minimum absolute atomic E-state index is 0.0707. The summed E-state index contributed by atoms with van der Waals surface area (Å²) in [6, 6.07) is 3.89. The zero-order chi connectivity index (χ0) is 20.9. The lowest BCUT2D eigenvalue weighted by Gasteiger charge is -2.33. The summed E-state index contributed by atoms with van der Waals surface area (Å²) < 4.78 is 10.7.